The second-order valence-corrected chi connectivity index (χ2v) is 9.75. The first-order valence-corrected chi connectivity index (χ1v) is 12.2. The Hall–Kier alpha value is -0.990. The molecule has 2 saturated carbocycles. The predicted octanol–water partition coefficient (Wildman–Crippen LogP) is 8.93. The third-order valence-electron chi connectivity index (χ3n) is 7.77. The monoisotopic (exact) mass is 408 g/mol. The molecule has 0 spiro atoms. The highest BCUT2D eigenvalue weighted by Gasteiger charge is 2.31. The number of hydrogen-bond donors (Lipinski definition) is 0. The van der Waals surface area contributed by atoms with E-state index in [1.165, 1.54) is 82.8 Å². The average Bonchev–Trinajstić information content (AvgIpc) is 2.75. The quantitative estimate of drug-likeness (QED) is 0.282. The van der Waals surface area contributed by atoms with Gasteiger partial charge in [0.25, 0.3) is 0 Å². The van der Waals surface area contributed by atoms with E-state index in [-0.39, 0.29) is 5.92 Å². The molecule has 3 rings (SSSR count). The van der Waals surface area contributed by atoms with Crippen molar-refractivity contribution in [3.63, 3.8) is 0 Å². The Morgan fingerprint density at radius 3 is 1.79 bits per heavy atom. The van der Waals surface area contributed by atoms with E-state index in [2.05, 4.69) is 6.92 Å². The lowest BCUT2D eigenvalue weighted by Crippen LogP contribution is -2.25. The van der Waals surface area contributed by atoms with Crippen LogP contribution in [0, 0.1) is 35.2 Å². The van der Waals surface area contributed by atoms with Crippen molar-refractivity contribution >= 4 is 0 Å². The Balaban J connectivity index is 1.36. The highest BCUT2D eigenvalue weighted by Crippen LogP contribution is 2.44. The predicted molar refractivity (Wildman–Crippen MR) is 114 cm³/mol. The van der Waals surface area contributed by atoms with Crippen LogP contribution in [0.4, 0.5) is 13.2 Å². The molecule has 1 aromatic carbocycles. The van der Waals surface area contributed by atoms with Crippen LogP contribution in [0.1, 0.15) is 115 Å². The van der Waals surface area contributed by atoms with Crippen LogP contribution in [-0.2, 0) is 0 Å². The van der Waals surface area contributed by atoms with E-state index in [1.54, 1.807) is 0 Å². The third kappa shape index (κ3) is 6.49. The minimum atomic E-state index is -1.35. The molecule has 0 unspecified atom stereocenters. The lowest BCUT2D eigenvalue weighted by Gasteiger charge is -2.38. The summed E-state index contributed by atoms with van der Waals surface area (Å²) in [5.41, 5.74) is 0.641. The fourth-order valence-corrected chi connectivity index (χ4v) is 5.90. The Labute approximate surface area is 175 Å². The van der Waals surface area contributed by atoms with Gasteiger partial charge in [-0.1, -0.05) is 64.7 Å². The maximum absolute atomic E-state index is 13.6. The summed E-state index contributed by atoms with van der Waals surface area (Å²) >= 11 is 0. The van der Waals surface area contributed by atoms with Gasteiger partial charge in [0, 0.05) is 0 Å². The molecule has 3 heteroatoms. The molecule has 0 N–H and O–H groups in total. The average molecular weight is 409 g/mol. The molecule has 0 aromatic heterocycles. The second kappa shape index (κ2) is 11.4. The minimum Gasteiger partial charge on any atom is -0.204 e. The highest BCUT2D eigenvalue weighted by molar-refractivity contribution is 5.23. The first-order valence-electron chi connectivity index (χ1n) is 12.2. The lowest BCUT2D eigenvalue weighted by molar-refractivity contribution is 0.155. The van der Waals surface area contributed by atoms with E-state index in [9.17, 15) is 13.2 Å². The molecule has 0 atom stereocenters. The van der Waals surface area contributed by atoms with Crippen LogP contribution in [0.3, 0.4) is 0 Å². The van der Waals surface area contributed by atoms with Gasteiger partial charge in [-0.15, -0.1) is 0 Å². The van der Waals surface area contributed by atoms with Gasteiger partial charge in [-0.05, 0) is 79.9 Å². The van der Waals surface area contributed by atoms with E-state index in [0.29, 0.717) is 5.56 Å². The van der Waals surface area contributed by atoms with Gasteiger partial charge in [0.05, 0.1) is 0 Å². The van der Waals surface area contributed by atoms with E-state index in [4.69, 9.17) is 0 Å². The zero-order valence-corrected chi connectivity index (χ0v) is 18.2. The van der Waals surface area contributed by atoms with Crippen LogP contribution in [0.25, 0.3) is 0 Å². The molecule has 2 aliphatic rings. The van der Waals surface area contributed by atoms with Crippen molar-refractivity contribution in [3.05, 3.63) is 35.1 Å². The molecule has 0 aliphatic heterocycles. The van der Waals surface area contributed by atoms with Crippen LogP contribution in [-0.4, -0.2) is 0 Å². The number of halogens is 3. The van der Waals surface area contributed by atoms with Crippen LogP contribution < -0.4 is 0 Å². The first-order chi connectivity index (χ1) is 14.1. The summed E-state index contributed by atoms with van der Waals surface area (Å²) in [4.78, 5) is 0. The molecule has 0 bridgehead atoms. The van der Waals surface area contributed by atoms with Crippen molar-refractivity contribution in [2.75, 3.05) is 0 Å². The Bertz CT molecular complexity index is 587. The summed E-state index contributed by atoms with van der Waals surface area (Å²) in [7, 11) is 0. The van der Waals surface area contributed by atoms with Crippen molar-refractivity contribution < 1.29 is 13.2 Å². The molecule has 2 fully saturated rings. The van der Waals surface area contributed by atoms with Crippen LogP contribution >= 0.6 is 0 Å². The van der Waals surface area contributed by atoms with Crippen molar-refractivity contribution in [2.45, 2.75) is 109 Å². The molecule has 0 nitrogen and oxygen atoms in total. The van der Waals surface area contributed by atoms with Gasteiger partial charge in [-0.2, -0.15) is 0 Å². The smallest absolute Gasteiger partial charge is 0.194 e. The molecule has 1 aromatic rings. The van der Waals surface area contributed by atoms with Gasteiger partial charge in [-0.25, -0.2) is 13.2 Å². The summed E-state index contributed by atoms with van der Waals surface area (Å²) < 4.78 is 40.3. The zero-order valence-electron chi connectivity index (χ0n) is 18.2. The van der Waals surface area contributed by atoms with Crippen LogP contribution in [0.5, 0.6) is 0 Å². The van der Waals surface area contributed by atoms with Crippen LogP contribution in [0.15, 0.2) is 12.1 Å². The van der Waals surface area contributed by atoms with E-state index < -0.39 is 17.5 Å². The summed E-state index contributed by atoms with van der Waals surface area (Å²) in [6.07, 6.45) is 19.6. The van der Waals surface area contributed by atoms with Gasteiger partial charge in [-0.3, -0.25) is 0 Å². The minimum absolute atomic E-state index is 0.180. The van der Waals surface area contributed by atoms with Crippen molar-refractivity contribution in [3.8, 4) is 0 Å². The van der Waals surface area contributed by atoms with Gasteiger partial charge in [0.1, 0.15) is 0 Å². The van der Waals surface area contributed by atoms with Crippen LogP contribution in [0.2, 0.25) is 0 Å². The maximum Gasteiger partial charge on any atom is 0.194 e. The summed E-state index contributed by atoms with van der Waals surface area (Å²) in [6.45, 7) is 2.27. The Kier molecular flexibility index (Phi) is 8.93. The first kappa shape index (κ1) is 22.7. The standard InChI is InChI=1S/C26H39F3/c1-2-3-4-5-6-7-8-19-9-11-20(12-10-19)21-13-15-22(16-14-21)23-17-24(27)26(29)25(28)18-23/h17-22H,2-16H2,1H3/t19-,20-,21-,22-. The van der Waals surface area contributed by atoms with Crippen molar-refractivity contribution in [1.82, 2.24) is 0 Å². The number of benzene rings is 1. The second-order valence-electron chi connectivity index (χ2n) is 9.75. The summed E-state index contributed by atoms with van der Waals surface area (Å²) in [5.74, 6) is -0.703. The Morgan fingerprint density at radius 1 is 0.690 bits per heavy atom. The topological polar surface area (TPSA) is 0 Å². The molecule has 0 radical (unpaired) electrons. The van der Waals surface area contributed by atoms with Gasteiger partial charge in [0.2, 0.25) is 0 Å². The van der Waals surface area contributed by atoms with E-state index >= 15 is 0 Å². The fraction of sp³-hybridized carbons (Fsp3) is 0.769. The maximum atomic E-state index is 13.6. The van der Waals surface area contributed by atoms with Crippen molar-refractivity contribution in [1.29, 1.82) is 0 Å². The Morgan fingerprint density at radius 2 is 1.21 bits per heavy atom. The van der Waals surface area contributed by atoms with Gasteiger partial charge in [0.15, 0.2) is 17.5 Å². The zero-order chi connectivity index (χ0) is 20.6. The molecular formula is C26H39F3. The number of unbranched alkanes of at least 4 members (excludes halogenated alkanes) is 5. The van der Waals surface area contributed by atoms with E-state index in [1.807, 2.05) is 0 Å². The SMILES string of the molecule is CCCCCCCC[C@H]1CC[C@H]([C@H]2CC[C@H](c3cc(F)c(F)c(F)c3)CC2)CC1. The molecular weight excluding hydrogens is 369 g/mol. The fourth-order valence-electron chi connectivity index (χ4n) is 5.90. The number of hydrogen-bond acceptors (Lipinski definition) is 0. The normalized spacial score (nSPS) is 27.9. The molecule has 0 saturated heterocycles. The molecule has 164 valence electrons. The van der Waals surface area contributed by atoms with Gasteiger partial charge < -0.3 is 0 Å². The van der Waals surface area contributed by atoms with E-state index in [0.717, 1.165) is 43.4 Å². The number of rotatable bonds is 9. The van der Waals surface area contributed by atoms with Gasteiger partial charge >= 0.3 is 0 Å². The summed E-state index contributed by atoms with van der Waals surface area (Å²) in [5, 5.41) is 0. The molecule has 29 heavy (non-hydrogen) atoms. The highest BCUT2D eigenvalue weighted by atomic mass is 19.2. The third-order valence-corrected chi connectivity index (χ3v) is 7.77. The lowest BCUT2D eigenvalue weighted by atomic mass is 9.68. The van der Waals surface area contributed by atoms with Crippen molar-refractivity contribution in [2.24, 2.45) is 17.8 Å². The molecule has 0 amide bonds. The largest absolute Gasteiger partial charge is 0.204 e. The molecule has 0 heterocycles. The molecule has 2 aliphatic carbocycles. The summed E-state index contributed by atoms with van der Waals surface area (Å²) in [6, 6.07) is 2.41.